The van der Waals surface area contributed by atoms with Crippen LogP contribution in [-0.2, 0) is 9.59 Å². The molecule has 1 aromatic carbocycles. The van der Waals surface area contributed by atoms with E-state index in [0.717, 1.165) is 31.9 Å². The van der Waals surface area contributed by atoms with Gasteiger partial charge in [-0.2, -0.15) is 0 Å². The van der Waals surface area contributed by atoms with E-state index in [2.05, 4.69) is 10.6 Å². The van der Waals surface area contributed by atoms with Crippen molar-refractivity contribution in [1.29, 1.82) is 0 Å². The number of nitrogens with zero attached hydrogens (tertiary/aromatic N) is 1. The highest BCUT2D eigenvalue weighted by atomic mass is 16.2. The Morgan fingerprint density at radius 3 is 2.47 bits per heavy atom. The van der Waals surface area contributed by atoms with E-state index in [1.165, 1.54) is 0 Å². The predicted octanol–water partition coefficient (Wildman–Crippen LogP) is 0.837. The standard InChI is InChI=1S/C14H19N3O2/c18-13(16-12-4-2-1-3-5-12)6-7-14(19)17-10-8-15-9-11-17/h1-5,15H,6-11H2,(H,16,18). The molecule has 0 saturated carbocycles. The second-order valence-electron chi connectivity index (χ2n) is 4.54. The number of rotatable bonds is 4. The van der Waals surface area contributed by atoms with Crippen molar-refractivity contribution in [2.45, 2.75) is 12.8 Å². The van der Waals surface area contributed by atoms with E-state index in [-0.39, 0.29) is 24.7 Å². The fourth-order valence-electron chi connectivity index (χ4n) is 2.04. The van der Waals surface area contributed by atoms with Gasteiger partial charge in [0.1, 0.15) is 0 Å². The SMILES string of the molecule is O=C(CCC(=O)N1CCNCC1)Nc1ccccc1. The van der Waals surface area contributed by atoms with Crippen LogP contribution in [0.25, 0.3) is 0 Å². The monoisotopic (exact) mass is 261 g/mol. The molecule has 2 N–H and O–H groups in total. The average molecular weight is 261 g/mol. The van der Waals surface area contributed by atoms with Gasteiger partial charge in [0.05, 0.1) is 0 Å². The minimum atomic E-state index is -0.116. The first-order chi connectivity index (χ1) is 9.25. The molecule has 5 nitrogen and oxygen atoms in total. The zero-order valence-electron chi connectivity index (χ0n) is 10.9. The van der Waals surface area contributed by atoms with Gasteiger partial charge in [-0.1, -0.05) is 18.2 Å². The van der Waals surface area contributed by atoms with Crippen molar-refractivity contribution in [2.24, 2.45) is 0 Å². The average Bonchev–Trinajstić information content (AvgIpc) is 2.47. The molecule has 0 atom stereocenters. The Morgan fingerprint density at radius 1 is 1.11 bits per heavy atom. The molecule has 0 bridgehead atoms. The van der Waals surface area contributed by atoms with Crippen LogP contribution in [-0.4, -0.2) is 42.9 Å². The zero-order valence-corrected chi connectivity index (χ0v) is 10.9. The number of carbonyl (C=O) groups excluding carboxylic acids is 2. The van der Waals surface area contributed by atoms with Crippen molar-refractivity contribution in [2.75, 3.05) is 31.5 Å². The van der Waals surface area contributed by atoms with Gasteiger partial charge in [-0.05, 0) is 12.1 Å². The van der Waals surface area contributed by atoms with E-state index in [1.54, 1.807) is 0 Å². The van der Waals surface area contributed by atoms with Gasteiger partial charge in [0.2, 0.25) is 11.8 Å². The number of benzene rings is 1. The Balaban J connectivity index is 1.72. The smallest absolute Gasteiger partial charge is 0.224 e. The lowest BCUT2D eigenvalue weighted by molar-refractivity contribution is -0.133. The number of hydrogen-bond acceptors (Lipinski definition) is 3. The van der Waals surface area contributed by atoms with Gasteiger partial charge in [0.15, 0.2) is 0 Å². The fourth-order valence-corrected chi connectivity index (χ4v) is 2.04. The maximum absolute atomic E-state index is 11.9. The summed E-state index contributed by atoms with van der Waals surface area (Å²) in [7, 11) is 0. The van der Waals surface area contributed by atoms with Crippen molar-refractivity contribution in [3.63, 3.8) is 0 Å². The Hall–Kier alpha value is -1.88. The van der Waals surface area contributed by atoms with E-state index in [1.807, 2.05) is 35.2 Å². The summed E-state index contributed by atoms with van der Waals surface area (Å²) in [5, 5.41) is 5.97. The molecule has 1 saturated heterocycles. The van der Waals surface area contributed by atoms with E-state index < -0.39 is 0 Å². The molecule has 1 aliphatic rings. The highest BCUT2D eigenvalue weighted by Crippen LogP contribution is 2.07. The second kappa shape index (κ2) is 6.89. The first kappa shape index (κ1) is 13.5. The number of anilines is 1. The molecular weight excluding hydrogens is 242 g/mol. The summed E-state index contributed by atoms with van der Waals surface area (Å²) in [5.74, 6) is -0.0561. The summed E-state index contributed by atoms with van der Waals surface area (Å²) < 4.78 is 0. The van der Waals surface area contributed by atoms with Crippen LogP contribution >= 0.6 is 0 Å². The van der Waals surface area contributed by atoms with Gasteiger partial charge in [-0.15, -0.1) is 0 Å². The highest BCUT2D eigenvalue weighted by molar-refractivity contribution is 5.93. The molecule has 1 aliphatic heterocycles. The summed E-state index contributed by atoms with van der Waals surface area (Å²) in [5.41, 5.74) is 0.766. The lowest BCUT2D eigenvalue weighted by Gasteiger charge is -2.27. The summed E-state index contributed by atoms with van der Waals surface area (Å²) in [6.45, 7) is 3.14. The van der Waals surface area contributed by atoms with Crippen LogP contribution in [0.3, 0.4) is 0 Å². The van der Waals surface area contributed by atoms with Gasteiger partial charge in [-0.3, -0.25) is 9.59 Å². The molecule has 19 heavy (non-hydrogen) atoms. The molecule has 1 heterocycles. The van der Waals surface area contributed by atoms with E-state index in [0.29, 0.717) is 0 Å². The topological polar surface area (TPSA) is 61.4 Å². The molecule has 1 aromatic rings. The summed E-state index contributed by atoms with van der Waals surface area (Å²) in [6.07, 6.45) is 0.510. The minimum absolute atomic E-state index is 0.0599. The molecule has 0 radical (unpaired) electrons. The zero-order chi connectivity index (χ0) is 13.5. The Kier molecular flexibility index (Phi) is 4.92. The van der Waals surface area contributed by atoms with E-state index in [4.69, 9.17) is 0 Å². The van der Waals surface area contributed by atoms with Crippen molar-refractivity contribution in [1.82, 2.24) is 10.2 Å². The minimum Gasteiger partial charge on any atom is -0.340 e. The third kappa shape index (κ3) is 4.37. The third-order valence-electron chi connectivity index (χ3n) is 3.09. The summed E-state index contributed by atoms with van der Waals surface area (Å²) in [6, 6.07) is 9.28. The maximum Gasteiger partial charge on any atom is 0.224 e. The third-order valence-corrected chi connectivity index (χ3v) is 3.09. The molecule has 2 amide bonds. The largest absolute Gasteiger partial charge is 0.340 e. The number of carbonyl (C=O) groups is 2. The normalized spacial score (nSPS) is 15.1. The van der Waals surface area contributed by atoms with Crippen LogP contribution in [0.4, 0.5) is 5.69 Å². The Bertz CT molecular complexity index is 428. The van der Waals surface area contributed by atoms with Crippen LogP contribution in [0.15, 0.2) is 30.3 Å². The first-order valence-electron chi connectivity index (χ1n) is 6.59. The summed E-state index contributed by atoms with van der Waals surface area (Å²) >= 11 is 0. The van der Waals surface area contributed by atoms with Crippen LogP contribution < -0.4 is 10.6 Å². The van der Waals surface area contributed by atoms with Crippen molar-refractivity contribution >= 4 is 17.5 Å². The van der Waals surface area contributed by atoms with Crippen molar-refractivity contribution in [3.8, 4) is 0 Å². The molecule has 5 heteroatoms. The summed E-state index contributed by atoms with van der Waals surface area (Å²) in [4.78, 5) is 25.4. The quantitative estimate of drug-likeness (QED) is 0.844. The van der Waals surface area contributed by atoms with Gasteiger partial charge in [-0.25, -0.2) is 0 Å². The lowest BCUT2D eigenvalue weighted by atomic mass is 10.2. The first-order valence-corrected chi connectivity index (χ1v) is 6.59. The molecule has 2 rings (SSSR count). The number of amides is 2. The molecule has 102 valence electrons. The number of hydrogen-bond donors (Lipinski definition) is 2. The highest BCUT2D eigenvalue weighted by Gasteiger charge is 2.16. The maximum atomic E-state index is 11.9. The molecule has 0 spiro atoms. The number of para-hydroxylation sites is 1. The predicted molar refractivity (Wildman–Crippen MR) is 73.8 cm³/mol. The van der Waals surface area contributed by atoms with Gasteiger partial charge >= 0.3 is 0 Å². The van der Waals surface area contributed by atoms with E-state index in [9.17, 15) is 9.59 Å². The second-order valence-corrected chi connectivity index (χ2v) is 4.54. The lowest BCUT2D eigenvalue weighted by Crippen LogP contribution is -2.46. The van der Waals surface area contributed by atoms with Crippen LogP contribution in [0.5, 0.6) is 0 Å². The Labute approximate surface area is 113 Å². The van der Waals surface area contributed by atoms with Crippen LogP contribution in [0, 0.1) is 0 Å². The van der Waals surface area contributed by atoms with Crippen molar-refractivity contribution in [3.05, 3.63) is 30.3 Å². The van der Waals surface area contributed by atoms with Crippen LogP contribution in [0.2, 0.25) is 0 Å². The van der Waals surface area contributed by atoms with Crippen LogP contribution in [0.1, 0.15) is 12.8 Å². The fraction of sp³-hybridized carbons (Fsp3) is 0.429. The van der Waals surface area contributed by atoms with Gasteiger partial charge in [0.25, 0.3) is 0 Å². The molecule has 0 aromatic heterocycles. The van der Waals surface area contributed by atoms with E-state index >= 15 is 0 Å². The Morgan fingerprint density at radius 2 is 1.79 bits per heavy atom. The number of piperazine rings is 1. The molecule has 1 fully saturated rings. The number of nitrogens with one attached hydrogen (secondary N) is 2. The molecule has 0 aliphatic carbocycles. The molecule has 0 unspecified atom stereocenters. The molecular formula is C14H19N3O2. The van der Waals surface area contributed by atoms with Crippen molar-refractivity contribution < 1.29 is 9.59 Å². The van der Waals surface area contributed by atoms with Gasteiger partial charge < -0.3 is 15.5 Å². The van der Waals surface area contributed by atoms with Gasteiger partial charge in [0, 0.05) is 44.7 Å².